The molecule has 6 nitrogen and oxygen atoms in total. The zero-order chi connectivity index (χ0) is 29.9. The van der Waals surface area contributed by atoms with Crippen LogP contribution in [0.15, 0.2) is 89.7 Å². The molecule has 0 saturated carbocycles. The van der Waals surface area contributed by atoms with Crippen LogP contribution in [0.2, 0.25) is 0 Å². The molecule has 0 spiro atoms. The lowest BCUT2D eigenvalue weighted by Crippen LogP contribution is -2.33. The van der Waals surface area contributed by atoms with Crippen LogP contribution in [0.3, 0.4) is 0 Å². The molecule has 0 bridgehead atoms. The number of hydrogen-bond donors (Lipinski definition) is 2. The Morgan fingerprint density at radius 2 is 1.71 bits per heavy atom. The van der Waals surface area contributed by atoms with Crippen molar-refractivity contribution < 1.29 is 31.1 Å². The van der Waals surface area contributed by atoms with E-state index >= 15 is 0 Å². The van der Waals surface area contributed by atoms with Crippen molar-refractivity contribution >= 4 is 17.4 Å². The number of anilines is 1. The monoisotopic (exact) mass is 593 g/mol. The van der Waals surface area contributed by atoms with Crippen molar-refractivity contribution in [1.29, 1.82) is 0 Å². The van der Waals surface area contributed by atoms with E-state index in [0.717, 1.165) is 33.9 Å². The Labute approximate surface area is 236 Å². The summed E-state index contributed by atoms with van der Waals surface area (Å²) in [4.78, 5) is 4.64. The van der Waals surface area contributed by atoms with Crippen molar-refractivity contribution in [3.05, 3.63) is 102 Å². The van der Waals surface area contributed by atoms with Gasteiger partial charge in [0.25, 0.3) is 0 Å². The Morgan fingerprint density at radius 3 is 2.34 bits per heavy atom. The number of halogens is 6. The third-order valence-corrected chi connectivity index (χ3v) is 6.87. The molecule has 1 heterocycles. The lowest BCUT2D eigenvalue weighted by atomic mass is 10.0. The highest BCUT2D eigenvalue weighted by Crippen LogP contribution is 2.36. The molecule has 216 valence electrons. The minimum Gasteiger partial charge on any atom is -0.405 e. The summed E-state index contributed by atoms with van der Waals surface area (Å²) >= 11 is 1.54. The Hall–Kier alpha value is -4.10. The molecule has 0 fully saturated rings. The number of aromatic nitrogens is 2. The maximum atomic E-state index is 13.5. The minimum atomic E-state index is -4.92. The zero-order valence-electron chi connectivity index (χ0n) is 21.8. The van der Waals surface area contributed by atoms with Gasteiger partial charge in [0.1, 0.15) is 11.6 Å². The molecule has 1 aromatic heterocycles. The average molecular weight is 594 g/mol. The lowest BCUT2D eigenvalue weighted by molar-refractivity contribution is -0.274. The summed E-state index contributed by atoms with van der Waals surface area (Å²) in [6, 6.07) is 18.1. The summed E-state index contributed by atoms with van der Waals surface area (Å²) in [7, 11) is 0. The molecular formula is C28H25F6N5OS. The van der Waals surface area contributed by atoms with Crippen LogP contribution in [0.25, 0.3) is 16.8 Å². The summed E-state index contributed by atoms with van der Waals surface area (Å²) in [6.07, 6.45) is -5.88. The number of alkyl halides is 6. The SMILES string of the molecule is CSc1cccc(-c2ccc(-n3cc(C(F)(F)F)nc3C)c(N(N)/C(=C\N)Cc3ccccc3OC(F)(F)F)c2)c1. The molecule has 4 N–H and O–H groups in total. The van der Waals surface area contributed by atoms with E-state index in [1.165, 1.54) is 41.5 Å². The first kappa shape index (κ1) is 29.9. The van der Waals surface area contributed by atoms with E-state index in [-0.39, 0.29) is 34.9 Å². The Bertz CT molecular complexity index is 1560. The fourth-order valence-electron chi connectivity index (χ4n) is 4.20. The smallest absolute Gasteiger partial charge is 0.405 e. The maximum absolute atomic E-state index is 13.5. The van der Waals surface area contributed by atoms with Crippen molar-refractivity contribution in [2.75, 3.05) is 11.3 Å². The molecular weight excluding hydrogens is 568 g/mol. The molecule has 0 saturated heterocycles. The summed E-state index contributed by atoms with van der Waals surface area (Å²) in [5.74, 6) is 6.13. The Balaban J connectivity index is 1.83. The second-order valence-electron chi connectivity index (χ2n) is 8.84. The fraction of sp³-hybridized carbons (Fsp3) is 0.179. The summed E-state index contributed by atoms with van der Waals surface area (Å²) in [5, 5.41) is 1.13. The van der Waals surface area contributed by atoms with E-state index in [1.807, 2.05) is 30.5 Å². The van der Waals surface area contributed by atoms with Gasteiger partial charge in [0.2, 0.25) is 0 Å². The molecule has 0 aliphatic rings. The van der Waals surface area contributed by atoms with E-state index in [0.29, 0.717) is 5.56 Å². The van der Waals surface area contributed by atoms with Crippen molar-refractivity contribution in [3.8, 4) is 22.6 Å². The highest BCUT2D eigenvalue weighted by Gasteiger charge is 2.35. The Kier molecular flexibility index (Phi) is 8.59. The number of nitrogens with two attached hydrogens (primary N) is 2. The van der Waals surface area contributed by atoms with E-state index < -0.39 is 24.0 Å². The van der Waals surface area contributed by atoms with Crippen LogP contribution >= 0.6 is 11.8 Å². The summed E-state index contributed by atoms with van der Waals surface area (Å²) in [6.45, 7) is 1.42. The molecule has 0 atom stereocenters. The molecule has 0 amide bonds. The molecule has 0 aliphatic carbocycles. The van der Waals surface area contributed by atoms with Crippen LogP contribution in [-0.4, -0.2) is 22.2 Å². The van der Waals surface area contributed by atoms with Gasteiger partial charge >= 0.3 is 12.5 Å². The van der Waals surface area contributed by atoms with Gasteiger partial charge in [-0.1, -0.05) is 36.4 Å². The molecule has 3 aromatic carbocycles. The number of benzene rings is 3. The first-order chi connectivity index (χ1) is 19.3. The largest absolute Gasteiger partial charge is 0.573 e. The van der Waals surface area contributed by atoms with Crippen molar-refractivity contribution in [2.24, 2.45) is 11.6 Å². The van der Waals surface area contributed by atoms with Crippen LogP contribution in [0, 0.1) is 6.92 Å². The van der Waals surface area contributed by atoms with E-state index in [4.69, 9.17) is 11.6 Å². The van der Waals surface area contributed by atoms with E-state index in [9.17, 15) is 26.3 Å². The molecule has 0 aliphatic heterocycles. The highest BCUT2D eigenvalue weighted by atomic mass is 32.2. The van der Waals surface area contributed by atoms with Gasteiger partial charge in [0.15, 0.2) is 5.69 Å². The standard InChI is InChI=1S/C28H25F6N5OS/c1-17-37-26(27(29,30)31)16-38(17)23-11-10-19(18-7-5-8-22(13-18)41-2)14-24(23)39(36)21(15-35)12-20-6-3-4-9-25(20)40-28(32,33)34/h3-11,13-16H,12,35-36H2,1-2H3/b21-15-. The number of para-hydroxylation sites is 1. The lowest BCUT2D eigenvalue weighted by Gasteiger charge is -2.26. The third-order valence-electron chi connectivity index (χ3n) is 6.14. The minimum absolute atomic E-state index is 0.0475. The quantitative estimate of drug-likeness (QED) is 0.0973. The third kappa shape index (κ3) is 6.98. The van der Waals surface area contributed by atoms with Crippen LogP contribution in [-0.2, 0) is 12.6 Å². The van der Waals surface area contributed by atoms with Crippen molar-refractivity contribution in [1.82, 2.24) is 9.55 Å². The van der Waals surface area contributed by atoms with Gasteiger partial charge in [-0.3, -0.25) is 5.01 Å². The number of aryl methyl sites for hydroxylation is 1. The first-order valence-electron chi connectivity index (χ1n) is 12.0. The summed E-state index contributed by atoms with van der Waals surface area (Å²) < 4.78 is 84.8. The molecule has 0 radical (unpaired) electrons. The number of hydrazine groups is 1. The van der Waals surface area contributed by atoms with Gasteiger partial charge in [-0.15, -0.1) is 24.9 Å². The number of imidazole rings is 1. The number of allylic oxidation sites excluding steroid dienone is 1. The Morgan fingerprint density at radius 1 is 1.00 bits per heavy atom. The van der Waals surface area contributed by atoms with Gasteiger partial charge < -0.3 is 15.0 Å². The molecule has 41 heavy (non-hydrogen) atoms. The average Bonchev–Trinajstić information content (AvgIpc) is 3.33. The second-order valence-corrected chi connectivity index (χ2v) is 9.72. The van der Waals surface area contributed by atoms with Gasteiger partial charge in [0.05, 0.1) is 17.1 Å². The van der Waals surface area contributed by atoms with E-state index in [2.05, 4.69) is 9.72 Å². The normalized spacial score (nSPS) is 12.5. The molecule has 13 heteroatoms. The van der Waals surface area contributed by atoms with Crippen molar-refractivity contribution in [2.45, 2.75) is 30.8 Å². The van der Waals surface area contributed by atoms with Gasteiger partial charge in [0, 0.05) is 29.3 Å². The fourth-order valence-corrected chi connectivity index (χ4v) is 4.66. The topological polar surface area (TPSA) is 82.3 Å². The number of thioether (sulfide) groups is 1. The van der Waals surface area contributed by atoms with Crippen LogP contribution in [0.1, 0.15) is 17.1 Å². The van der Waals surface area contributed by atoms with Crippen LogP contribution in [0.4, 0.5) is 32.0 Å². The first-order valence-corrected chi connectivity index (χ1v) is 13.2. The molecule has 4 rings (SSSR count). The van der Waals surface area contributed by atoms with Gasteiger partial charge in [-0.25, -0.2) is 10.8 Å². The predicted octanol–water partition coefficient (Wildman–Crippen LogP) is 7.21. The number of nitrogens with zero attached hydrogens (tertiary/aromatic N) is 3. The van der Waals surface area contributed by atoms with Gasteiger partial charge in [-0.05, 0) is 54.6 Å². The number of ether oxygens (including phenoxy) is 1. The van der Waals surface area contributed by atoms with Crippen LogP contribution < -0.4 is 21.3 Å². The number of hydrogen-bond acceptors (Lipinski definition) is 6. The summed E-state index contributed by atoms with van der Waals surface area (Å²) in [5.41, 5.74) is 7.09. The zero-order valence-corrected chi connectivity index (χ0v) is 22.6. The van der Waals surface area contributed by atoms with Crippen LogP contribution in [0.5, 0.6) is 5.75 Å². The highest BCUT2D eigenvalue weighted by molar-refractivity contribution is 7.98. The van der Waals surface area contributed by atoms with Gasteiger partial charge in [-0.2, -0.15) is 13.2 Å². The van der Waals surface area contributed by atoms with E-state index in [1.54, 1.807) is 18.2 Å². The maximum Gasteiger partial charge on any atom is 0.573 e. The second kappa shape index (κ2) is 11.8. The predicted molar refractivity (Wildman–Crippen MR) is 146 cm³/mol. The number of rotatable bonds is 8. The molecule has 0 unspecified atom stereocenters. The van der Waals surface area contributed by atoms with Crippen molar-refractivity contribution in [3.63, 3.8) is 0 Å². The molecule has 4 aromatic rings.